The van der Waals surface area contributed by atoms with Crippen molar-refractivity contribution in [3.63, 3.8) is 0 Å². The Morgan fingerprint density at radius 1 is 0.893 bits per heavy atom. The molecule has 1 heterocycles. The van der Waals surface area contributed by atoms with E-state index in [1.165, 1.54) is 0 Å². The first-order valence-corrected chi connectivity index (χ1v) is 9.59. The van der Waals surface area contributed by atoms with Crippen LogP contribution in [0.2, 0.25) is 0 Å². The summed E-state index contributed by atoms with van der Waals surface area (Å²) in [6, 6.07) is 11.3. The molecule has 0 aliphatic heterocycles. The molecule has 0 atom stereocenters. The molecule has 0 fully saturated rings. The molecule has 0 saturated heterocycles. The van der Waals surface area contributed by atoms with Gasteiger partial charge >= 0.3 is 6.03 Å². The molecule has 2 amide bonds. The number of nitrogens with zero attached hydrogens (tertiary/aromatic N) is 3. The smallest absolute Gasteiger partial charge is 0.323 e. The number of benzene rings is 2. The predicted molar refractivity (Wildman–Crippen MR) is 116 cm³/mol. The van der Waals surface area contributed by atoms with E-state index in [9.17, 15) is 4.79 Å². The van der Waals surface area contributed by atoms with Crippen molar-refractivity contribution in [2.24, 2.45) is 0 Å². The van der Waals surface area contributed by atoms with Crippen LogP contribution in [-0.2, 0) is 0 Å². The van der Waals surface area contributed by atoms with Crippen molar-refractivity contribution in [3.05, 3.63) is 53.3 Å². The van der Waals surface area contributed by atoms with Crippen LogP contribution in [0.1, 0.15) is 30.8 Å². The van der Waals surface area contributed by atoms with Gasteiger partial charge in [0.15, 0.2) is 0 Å². The van der Waals surface area contributed by atoms with Gasteiger partial charge in [0.25, 0.3) is 0 Å². The number of amides is 2. The lowest BCUT2D eigenvalue weighted by molar-refractivity contribution is 0.262. The standard InChI is InChI=1S/C22H27N5O/c1-6-27(7-2)18-9-11-19(14(3)12-18)26-22(28)25-17-8-10-20-21(13-17)24-16(5)15(4)23-20/h8-13H,6-7H2,1-5H3,(H2,25,26,28). The SMILES string of the molecule is CCN(CC)c1ccc(NC(=O)Nc2ccc3nc(C)c(C)nc3c2)c(C)c1. The lowest BCUT2D eigenvalue weighted by Gasteiger charge is -2.22. The Kier molecular flexibility index (Phi) is 5.78. The molecule has 0 radical (unpaired) electrons. The van der Waals surface area contributed by atoms with E-state index in [4.69, 9.17) is 0 Å². The van der Waals surface area contributed by atoms with E-state index in [1.54, 1.807) is 0 Å². The minimum Gasteiger partial charge on any atom is -0.372 e. The Bertz CT molecular complexity index is 1010. The fourth-order valence-corrected chi connectivity index (χ4v) is 3.17. The molecule has 0 aliphatic carbocycles. The van der Waals surface area contributed by atoms with Crippen LogP contribution < -0.4 is 15.5 Å². The third kappa shape index (κ3) is 4.22. The Hall–Kier alpha value is -3.15. The molecule has 2 N–H and O–H groups in total. The summed E-state index contributed by atoms with van der Waals surface area (Å²) in [7, 11) is 0. The first-order valence-electron chi connectivity index (χ1n) is 9.59. The largest absolute Gasteiger partial charge is 0.372 e. The van der Waals surface area contributed by atoms with Crippen LogP contribution >= 0.6 is 0 Å². The van der Waals surface area contributed by atoms with Gasteiger partial charge < -0.3 is 15.5 Å². The minimum atomic E-state index is -0.283. The van der Waals surface area contributed by atoms with Crippen molar-refractivity contribution in [1.29, 1.82) is 0 Å². The van der Waals surface area contributed by atoms with Crippen molar-refractivity contribution >= 4 is 34.1 Å². The van der Waals surface area contributed by atoms with Gasteiger partial charge in [-0.2, -0.15) is 0 Å². The second-order valence-electron chi connectivity index (χ2n) is 6.85. The molecular formula is C22H27N5O. The molecule has 6 nitrogen and oxygen atoms in total. The molecule has 28 heavy (non-hydrogen) atoms. The second-order valence-corrected chi connectivity index (χ2v) is 6.85. The van der Waals surface area contributed by atoms with E-state index in [0.717, 1.165) is 52.4 Å². The predicted octanol–water partition coefficient (Wildman–Crippen LogP) is 5.05. The normalized spacial score (nSPS) is 10.8. The molecule has 0 spiro atoms. The molecule has 0 bridgehead atoms. The third-order valence-electron chi connectivity index (χ3n) is 4.92. The summed E-state index contributed by atoms with van der Waals surface area (Å²) in [5.41, 5.74) is 7.04. The van der Waals surface area contributed by atoms with Gasteiger partial charge in [0.2, 0.25) is 0 Å². The number of carbonyl (C=O) groups excluding carboxylic acids is 1. The van der Waals surface area contributed by atoms with Gasteiger partial charge in [-0.05, 0) is 76.6 Å². The van der Waals surface area contributed by atoms with Crippen molar-refractivity contribution in [2.75, 3.05) is 28.6 Å². The summed E-state index contributed by atoms with van der Waals surface area (Å²) in [5, 5.41) is 5.80. The van der Waals surface area contributed by atoms with E-state index in [1.807, 2.05) is 51.1 Å². The Morgan fingerprint density at radius 3 is 2.21 bits per heavy atom. The fourth-order valence-electron chi connectivity index (χ4n) is 3.17. The molecule has 6 heteroatoms. The zero-order chi connectivity index (χ0) is 20.3. The highest BCUT2D eigenvalue weighted by atomic mass is 16.2. The molecule has 146 valence electrons. The molecule has 0 unspecified atom stereocenters. The van der Waals surface area contributed by atoms with Crippen LogP contribution in [-0.4, -0.2) is 29.1 Å². The summed E-state index contributed by atoms with van der Waals surface area (Å²) in [6.45, 7) is 12.0. The number of hydrogen-bond acceptors (Lipinski definition) is 4. The molecule has 3 rings (SSSR count). The quantitative estimate of drug-likeness (QED) is 0.653. The number of fused-ring (bicyclic) bond motifs is 1. The summed E-state index contributed by atoms with van der Waals surface area (Å²) in [4.78, 5) is 23.8. The van der Waals surface area contributed by atoms with E-state index >= 15 is 0 Å². The van der Waals surface area contributed by atoms with Gasteiger partial charge in [-0.1, -0.05) is 0 Å². The third-order valence-corrected chi connectivity index (χ3v) is 4.92. The zero-order valence-corrected chi connectivity index (χ0v) is 17.1. The van der Waals surface area contributed by atoms with Crippen LogP contribution in [0.15, 0.2) is 36.4 Å². The van der Waals surface area contributed by atoms with Crippen LogP contribution in [0.4, 0.5) is 21.9 Å². The van der Waals surface area contributed by atoms with Gasteiger partial charge in [0, 0.05) is 30.2 Å². The average Bonchev–Trinajstić information content (AvgIpc) is 2.66. The summed E-state index contributed by atoms with van der Waals surface area (Å²) >= 11 is 0. The lowest BCUT2D eigenvalue weighted by atomic mass is 10.1. The molecule has 0 aliphatic rings. The van der Waals surface area contributed by atoms with Crippen molar-refractivity contribution in [2.45, 2.75) is 34.6 Å². The van der Waals surface area contributed by atoms with Gasteiger partial charge in [-0.3, -0.25) is 0 Å². The second kappa shape index (κ2) is 8.25. The number of rotatable bonds is 5. The maximum absolute atomic E-state index is 12.5. The molecule has 1 aromatic heterocycles. The zero-order valence-electron chi connectivity index (χ0n) is 17.1. The monoisotopic (exact) mass is 377 g/mol. The maximum Gasteiger partial charge on any atom is 0.323 e. The first-order chi connectivity index (χ1) is 13.4. The van der Waals surface area contributed by atoms with E-state index < -0.39 is 0 Å². The Labute approximate surface area is 166 Å². The van der Waals surface area contributed by atoms with Crippen LogP contribution in [0.5, 0.6) is 0 Å². The highest BCUT2D eigenvalue weighted by Gasteiger charge is 2.09. The first kappa shape index (κ1) is 19.6. The van der Waals surface area contributed by atoms with Crippen LogP contribution in [0.25, 0.3) is 11.0 Å². The topological polar surface area (TPSA) is 70.2 Å². The minimum absolute atomic E-state index is 0.283. The molecule has 2 aromatic carbocycles. The summed E-state index contributed by atoms with van der Waals surface area (Å²) in [5.74, 6) is 0. The lowest BCUT2D eigenvalue weighted by Crippen LogP contribution is -2.22. The number of carbonyl (C=O) groups is 1. The Morgan fingerprint density at radius 2 is 1.57 bits per heavy atom. The Balaban J connectivity index is 1.73. The van der Waals surface area contributed by atoms with Gasteiger partial charge in [0.05, 0.1) is 22.4 Å². The molecular weight excluding hydrogens is 350 g/mol. The van der Waals surface area contributed by atoms with Gasteiger partial charge in [-0.15, -0.1) is 0 Å². The van der Waals surface area contributed by atoms with Gasteiger partial charge in [0.1, 0.15) is 0 Å². The van der Waals surface area contributed by atoms with E-state index in [2.05, 4.69) is 45.4 Å². The van der Waals surface area contributed by atoms with Gasteiger partial charge in [-0.25, -0.2) is 14.8 Å². The van der Waals surface area contributed by atoms with E-state index in [0.29, 0.717) is 5.69 Å². The number of nitrogens with one attached hydrogen (secondary N) is 2. The number of aromatic nitrogens is 2. The molecule has 3 aromatic rings. The molecule has 0 saturated carbocycles. The number of aryl methyl sites for hydroxylation is 3. The highest BCUT2D eigenvalue weighted by molar-refractivity contribution is 6.01. The van der Waals surface area contributed by atoms with Crippen molar-refractivity contribution in [3.8, 4) is 0 Å². The number of hydrogen-bond donors (Lipinski definition) is 2. The van der Waals surface area contributed by atoms with E-state index in [-0.39, 0.29) is 6.03 Å². The summed E-state index contributed by atoms with van der Waals surface area (Å²) < 4.78 is 0. The number of anilines is 3. The average molecular weight is 377 g/mol. The van der Waals surface area contributed by atoms with Crippen LogP contribution in [0.3, 0.4) is 0 Å². The fraction of sp³-hybridized carbons (Fsp3) is 0.318. The van der Waals surface area contributed by atoms with Crippen LogP contribution in [0, 0.1) is 20.8 Å². The highest BCUT2D eigenvalue weighted by Crippen LogP contribution is 2.23. The maximum atomic E-state index is 12.5. The van der Waals surface area contributed by atoms with Crippen molar-refractivity contribution < 1.29 is 4.79 Å². The van der Waals surface area contributed by atoms with Crippen molar-refractivity contribution in [1.82, 2.24) is 9.97 Å². The summed E-state index contributed by atoms with van der Waals surface area (Å²) in [6.07, 6.45) is 0. The number of urea groups is 1.